The molecule has 0 bridgehead atoms. The van der Waals surface area contributed by atoms with Crippen molar-refractivity contribution < 1.29 is 4.74 Å². The Morgan fingerprint density at radius 3 is 2.71 bits per heavy atom. The Labute approximate surface area is 93.6 Å². The number of hydrogen-bond donors (Lipinski definition) is 1. The minimum Gasteiger partial charge on any atom is -0.398 e. The van der Waals surface area contributed by atoms with E-state index in [2.05, 4.69) is 29.8 Å². The molecule has 0 saturated carbocycles. The highest BCUT2D eigenvalue weighted by Crippen LogP contribution is 2.20. The lowest BCUT2D eigenvalue weighted by molar-refractivity contribution is 0.0971. The van der Waals surface area contributed by atoms with Crippen LogP contribution in [0.4, 0.5) is 5.69 Å². The van der Waals surface area contributed by atoms with Crippen molar-refractivity contribution in [2.75, 3.05) is 12.3 Å². The van der Waals surface area contributed by atoms with Gasteiger partial charge in [0.15, 0.2) is 0 Å². The van der Waals surface area contributed by atoms with Crippen molar-refractivity contribution in [1.29, 1.82) is 0 Å². The van der Waals surface area contributed by atoms with E-state index < -0.39 is 0 Å². The van der Waals surface area contributed by atoms with Crippen LogP contribution in [-0.4, -0.2) is 6.61 Å². The topological polar surface area (TPSA) is 35.2 Å². The molecule has 0 radical (unpaired) electrons. The van der Waals surface area contributed by atoms with Gasteiger partial charge in [0.25, 0.3) is 0 Å². The number of nitrogen functional groups attached to an aromatic ring is 1. The van der Waals surface area contributed by atoms with E-state index in [0.29, 0.717) is 12.5 Å². The molecular formula is C11H16BrNO. The van der Waals surface area contributed by atoms with E-state index in [1.807, 2.05) is 18.2 Å². The molecular weight excluding hydrogens is 242 g/mol. The van der Waals surface area contributed by atoms with Crippen LogP contribution in [0.5, 0.6) is 0 Å². The Bertz CT molecular complexity index is 299. The summed E-state index contributed by atoms with van der Waals surface area (Å²) in [6.07, 6.45) is 0. The number of benzene rings is 1. The first-order chi connectivity index (χ1) is 6.59. The third-order valence-electron chi connectivity index (χ3n) is 1.78. The highest BCUT2D eigenvalue weighted by Gasteiger charge is 1.99. The van der Waals surface area contributed by atoms with E-state index >= 15 is 0 Å². The smallest absolute Gasteiger partial charge is 0.0717 e. The van der Waals surface area contributed by atoms with Gasteiger partial charge in [0.1, 0.15) is 0 Å². The van der Waals surface area contributed by atoms with Crippen LogP contribution in [0.25, 0.3) is 0 Å². The van der Waals surface area contributed by atoms with Crippen LogP contribution in [0, 0.1) is 5.92 Å². The molecule has 2 N–H and O–H groups in total. The predicted octanol–water partition coefficient (Wildman–Crippen LogP) is 3.20. The third-order valence-corrected chi connectivity index (χ3v) is 2.50. The van der Waals surface area contributed by atoms with Crippen LogP contribution >= 0.6 is 15.9 Å². The quantitative estimate of drug-likeness (QED) is 0.841. The number of nitrogens with two attached hydrogens (primary N) is 1. The second kappa shape index (κ2) is 5.37. The van der Waals surface area contributed by atoms with Crippen molar-refractivity contribution >= 4 is 21.6 Å². The Hall–Kier alpha value is -0.540. The normalized spacial score (nSPS) is 10.9. The Kier molecular flexibility index (Phi) is 4.42. The second-order valence-electron chi connectivity index (χ2n) is 3.76. The molecule has 2 nitrogen and oxygen atoms in total. The van der Waals surface area contributed by atoms with Crippen LogP contribution in [0.2, 0.25) is 0 Å². The number of rotatable bonds is 4. The summed E-state index contributed by atoms with van der Waals surface area (Å²) >= 11 is 3.35. The van der Waals surface area contributed by atoms with Crippen LogP contribution in [0.1, 0.15) is 19.4 Å². The summed E-state index contributed by atoms with van der Waals surface area (Å²) in [4.78, 5) is 0. The van der Waals surface area contributed by atoms with E-state index in [-0.39, 0.29) is 0 Å². The molecule has 0 fully saturated rings. The maximum Gasteiger partial charge on any atom is 0.0717 e. The SMILES string of the molecule is CC(C)COCc1ccc(Br)c(N)c1. The van der Waals surface area contributed by atoms with Crippen molar-refractivity contribution in [1.82, 2.24) is 0 Å². The lowest BCUT2D eigenvalue weighted by atomic mass is 10.2. The summed E-state index contributed by atoms with van der Waals surface area (Å²) in [5, 5.41) is 0. The number of ether oxygens (including phenoxy) is 1. The summed E-state index contributed by atoms with van der Waals surface area (Å²) in [6.45, 7) is 5.69. The second-order valence-corrected chi connectivity index (χ2v) is 4.62. The summed E-state index contributed by atoms with van der Waals surface area (Å²) < 4.78 is 6.44. The first kappa shape index (κ1) is 11.5. The number of anilines is 1. The van der Waals surface area contributed by atoms with Crippen LogP contribution < -0.4 is 5.73 Å². The summed E-state index contributed by atoms with van der Waals surface area (Å²) in [6, 6.07) is 5.90. The van der Waals surface area contributed by atoms with Crippen molar-refractivity contribution in [3.8, 4) is 0 Å². The molecule has 14 heavy (non-hydrogen) atoms. The van der Waals surface area contributed by atoms with E-state index in [0.717, 1.165) is 22.3 Å². The van der Waals surface area contributed by atoms with Gasteiger partial charge in [-0.15, -0.1) is 0 Å². The molecule has 0 unspecified atom stereocenters. The lowest BCUT2D eigenvalue weighted by Gasteiger charge is -2.07. The van der Waals surface area contributed by atoms with E-state index in [4.69, 9.17) is 10.5 Å². The van der Waals surface area contributed by atoms with Crippen LogP contribution in [0.3, 0.4) is 0 Å². The zero-order valence-corrected chi connectivity index (χ0v) is 10.2. The monoisotopic (exact) mass is 257 g/mol. The highest BCUT2D eigenvalue weighted by molar-refractivity contribution is 9.10. The largest absolute Gasteiger partial charge is 0.398 e. The zero-order chi connectivity index (χ0) is 10.6. The van der Waals surface area contributed by atoms with Gasteiger partial charge in [-0.2, -0.15) is 0 Å². The minimum atomic E-state index is 0.572. The average molecular weight is 258 g/mol. The van der Waals surface area contributed by atoms with E-state index in [1.165, 1.54) is 0 Å². The molecule has 78 valence electrons. The molecule has 0 aliphatic heterocycles. The minimum absolute atomic E-state index is 0.572. The maximum atomic E-state index is 5.75. The summed E-state index contributed by atoms with van der Waals surface area (Å²) in [5.74, 6) is 0.572. The van der Waals surface area contributed by atoms with Gasteiger partial charge in [0.2, 0.25) is 0 Å². The zero-order valence-electron chi connectivity index (χ0n) is 8.59. The standard InChI is InChI=1S/C11H16BrNO/c1-8(2)6-14-7-9-3-4-10(12)11(13)5-9/h3-5,8H,6-7,13H2,1-2H3. The van der Waals surface area contributed by atoms with Crippen molar-refractivity contribution in [3.63, 3.8) is 0 Å². The maximum absolute atomic E-state index is 5.75. The van der Waals surface area contributed by atoms with Gasteiger partial charge in [0.05, 0.1) is 6.61 Å². The van der Waals surface area contributed by atoms with Gasteiger partial charge in [-0.25, -0.2) is 0 Å². The molecule has 0 aliphatic carbocycles. The molecule has 1 rings (SSSR count). The average Bonchev–Trinajstić information content (AvgIpc) is 2.10. The van der Waals surface area contributed by atoms with Gasteiger partial charge in [-0.3, -0.25) is 0 Å². The van der Waals surface area contributed by atoms with Gasteiger partial charge in [0, 0.05) is 16.8 Å². The van der Waals surface area contributed by atoms with Crippen LogP contribution in [0.15, 0.2) is 22.7 Å². The molecule has 0 atom stereocenters. The Morgan fingerprint density at radius 2 is 2.14 bits per heavy atom. The fraction of sp³-hybridized carbons (Fsp3) is 0.455. The number of halogens is 1. The first-order valence-corrected chi connectivity index (χ1v) is 5.50. The third kappa shape index (κ3) is 3.68. The Morgan fingerprint density at radius 1 is 1.43 bits per heavy atom. The molecule has 1 aromatic rings. The van der Waals surface area contributed by atoms with Gasteiger partial charge < -0.3 is 10.5 Å². The van der Waals surface area contributed by atoms with E-state index in [9.17, 15) is 0 Å². The summed E-state index contributed by atoms with van der Waals surface area (Å²) in [7, 11) is 0. The molecule has 3 heteroatoms. The fourth-order valence-corrected chi connectivity index (χ4v) is 1.34. The molecule has 0 amide bonds. The number of hydrogen-bond acceptors (Lipinski definition) is 2. The molecule has 1 aromatic carbocycles. The van der Waals surface area contributed by atoms with Crippen molar-refractivity contribution in [2.24, 2.45) is 5.92 Å². The van der Waals surface area contributed by atoms with Crippen LogP contribution in [-0.2, 0) is 11.3 Å². The fourth-order valence-electron chi connectivity index (χ4n) is 1.10. The molecule has 0 saturated heterocycles. The molecule has 0 heterocycles. The van der Waals surface area contributed by atoms with Crippen molar-refractivity contribution in [2.45, 2.75) is 20.5 Å². The van der Waals surface area contributed by atoms with E-state index in [1.54, 1.807) is 0 Å². The first-order valence-electron chi connectivity index (χ1n) is 4.71. The van der Waals surface area contributed by atoms with Gasteiger partial charge in [-0.05, 0) is 39.5 Å². The molecule has 0 aliphatic rings. The summed E-state index contributed by atoms with van der Waals surface area (Å²) in [5.41, 5.74) is 7.63. The van der Waals surface area contributed by atoms with Crippen molar-refractivity contribution in [3.05, 3.63) is 28.2 Å². The predicted molar refractivity (Wildman–Crippen MR) is 63.0 cm³/mol. The Balaban J connectivity index is 2.47. The van der Waals surface area contributed by atoms with Gasteiger partial charge >= 0.3 is 0 Å². The lowest BCUT2D eigenvalue weighted by Crippen LogP contribution is -2.02. The highest BCUT2D eigenvalue weighted by atomic mass is 79.9. The molecule has 0 aromatic heterocycles. The van der Waals surface area contributed by atoms with Gasteiger partial charge in [-0.1, -0.05) is 19.9 Å². The molecule has 0 spiro atoms.